The SMILES string of the molecule is C[C@@H](C(=O)Nc1ccc(Cl)cc1Cl)N1CCC[C@H](C(=O)Nc2nncs2)C1. The molecule has 0 radical (unpaired) electrons. The molecule has 0 spiro atoms. The number of nitrogens with one attached hydrogen (secondary N) is 2. The molecule has 0 saturated carbocycles. The van der Waals surface area contributed by atoms with E-state index >= 15 is 0 Å². The third kappa shape index (κ3) is 5.16. The van der Waals surface area contributed by atoms with Crippen molar-refractivity contribution in [3.05, 3.63) is 33.8 Å². The minimum Gasteiger partial charge on any atom is -0.323 e. The zero-order chi connectivity index (χ0) is 19.4. The predicted octanol–water partition coefficient (Wildman–Crippen LogP) is 3.52. The van der Waals surface area contributed by atoms with Crippen molar-refractivity contribution in [3.63, 3.8) is 0 Å². The van der Waals surface area contributed by atoms with Crippen molar-refractivity contribution < 1.29 is 9.59 Å². The molecule has 0 aliphatic carbocycles. The van der Waals surface area contributed by atoms with Crippen molar-refractivity contribution in [3.8, 4) is 0 Å². The molecule has 0 unspecified atom stereocenters. The van der Waals surface area contributed by atoms with Crippen LogP contribution in [-0.4, -0.2) is 46.0 Å². The highest BCUT2D eigenvalue weighted by atomic mass is 35.5. The lowest BCUT2D eigenvalue weighted by atomic mass is 9.96. The molecule has 0 bridgehead atoms. The lowest BCUT2D eigenvalue weighted by molar-refractivity contribution is -0.125. The largest absolute Gasteiger partial charge is 0.323 e. The van der Waals surface area contributed by atoms with Crippen molar-refractivity contribution in [2.75, 3.05) is 23.7 Å². The number of carbonyl (C=O) groups excluding carboxylic acids is 2. The molecule has 1 aliphatic rings. The van der Waals surface area contributed by atoms with E-state index in [1.807, 2.05) is 11.8 Å². The number of rotatable bonds is 5. The van der Waals surface area contributed by atoms with Crippen LogP contribution in [0.25, 0.3) is 0 Å². The summed E-state index contributed by atoms with van der Waals surface area (Å²) in [7, 11) is 0. The summed E-state index contributed by atoms with van der Waals surface area (Å²) in [4.78, 5) is 27.1. The van der Waals surface area contributed by atoms with E-state index in [0.29, 0.717) is 27.4 Å². The van der Waals surface area contributed by atoms with Crippen LogP contribution in [0.1, 0.15) is 19.8 Å². The molecule has 144 valence electrons. The molecular formula is C17H19Cl2N5O2S. The third-order valence-corrected chi connectivity index (χ3v) is 5.68. The summed E-state index contributed by atoms with van der Waals surface area (Å²) < 4.78 is 0. The van der Waals surface area contributed by atoms with Crippen molar-refractivity contribution in [1.82, 2.24) is 15.1 Å². The van der Waals surface area contributed by atoms with Gasteiger partial charge in [0.1, 0.15) is 5.51 Å². The minimum atomic E-state index is -0.395. The van der Waals surface area contributed by atoms with Gasteiger partial charge in [0.2, 0.25) is 16.9 Å². The van der Waals surface area contributed by atoms with Gasteiger partial charge in [-0.05, 0) is 44.5 Å². The molecule has 1 aliphatic heterocycles. The van der Waals surface area contributed by atoms with Crippen LogP contribution in [0.2, 0.25) is 10.0 Å². The number of amides is 2. The van der Waals surface area contributed by atoms with E-state index in [1.54, 1.807) is 23.7 Å². The predicted molar refractivity (Wildman–Crippen MR) is 107 cm³/mol. The van der Waals surface area contributed by atoms with Gasteiger partial charge in [0, 0.05) is 11.6 Å². The highest BCUT2D eigenvalue weighted by Crippen LogP contribution is 2.26. The van der Waals surface area contributed by atoms with Gasteiger partial charge >= 0.3 is 0 Å². The van der Waals surface area contributed by atoms with Crippen molar-refractivity contribution in [2.45, 2.75) is 25.8 Å². The fraction of sp³-hybridized carbons (Fsp3) is 0.412. The molecule has 2 heterocycles. The number of benzene rings is 1. The number of hydrogen-bond acceptors (Lipinski definition) is 6. The Morgan fingerprint density at radius 2 is 2.15 bits per heavy atom. The summed E-state index contributed by atoms with van der Waals surface area (Å²) >= 11 is 13.3. The van der Waals surface area contributed by atoms with Gasteiger partial charge in [-0.2, -0.15) is 0 Å². The molecule has 1 aromatic heterocycles. The Bertz CT molecular complexity index is 818. The Morgan fingerprint density at radius 3 is 2.85 bits per heavy atom. The summed E-state index contributed by atoms with van der Waals surface area (Å²) in [5.74, 6) is -0.466. The lowest BCUT2D eigenvalue weighted by Gasteiger charge is -2.35. The fourth-order valence-electron chi connectivity index (χ4n) is 3.00. The van der Waals surface area contributed by atoms with Gasteiger partial charge in [-0.15, -0.1) is 10.2 Å². The van der Waals surface area contributed by atoms with E-state index in [4.69, 9.17) is 23.2 Å². The summed E-state index contributed by atoms with van der Waals surface area (Å²) in [5.41, 5.74) is 2.08. The second-order valence-corrected chi connectivity index (χ2v) is 8.03. The highest BCUT2D eigenvalue weighted by Gasteiger charge is 2.31. The van der Waals surface area contributed by atoms with E-state index < -0.39 is 6.04 Å². The average molecular weight is 428 g/mol. The van der Waals surface area contributed by atoms with E-state index in [0.717, 1.165) is 19.4 Å². The number of halogens is 2. The van der Waals surface area contributed by atoms with Crippen molar-refractivity contribution in [2.24, 2.45) is 5.92 Å². The molecule has 2 atom stereocenters. The van der Waals surface area contributed by atoms with Crippen LogP contribution < -0.4 is 10.6 Å². The first kappa shape index (κ1) is 20.0. The zero-order valence-corrected chi connectivity index (χ0v) is 16.9. The molecule has 3 rings (SSSR count). The van der Waals surface area contributed by atoms with E-state index in [9.17, 15) is 9.59 Å². The zero-order valence-electron chi connectivity index (χ0n) is 14.6. The molecule has 27 heavy (non-hydrogen) atoms. The molecule has 2 aromatic rings. The van der Waals surface area contributed by atoms with Gasteiger partial charge in [-0.1, -0.05) is 34.5 Å². The first-order valence-corrected chi connectivity index (χ1v) is 10.1. The number of piperidine rings is 1. The first-order valence-electron chi connectivity index (χ1n) is 8.51. The monoisotopic (exact) mass is 427 g/mol. The maximum absolute atomic E-state index is 12.6. The fourth-order valence-corrected chi connectivity index (χ4v) is 3.90. The number of likely N-dealkylation sites (tertiary alicyclic amines) is 1. The van der Waals surface area contributed by atoms with Gasteiger partial charge in [-0.3, -0.25) is 14.5 Å². The van der Waals surface area contributed by atoms with Gasteiger partial charge in [-0.25, -0.2) is 0 Å². The second-order valence-electron chi connectivity index (χ2n) is 6.36. The summed E-state index contributed by atoms with van der Waals surface area (Å²) in [6, 6.07) is 4.53. The first-order chi connectivity index (χ1) is 12.9. The number of hydrogen-bond donors (Lipinski definition) is 2. The van der Waals surface area contributed by atoms with E-state index in [2.05, 4.69) is 20.8 Å². The summed E-state index contributed by atoms with van der Waals surface area (Å²) in [6.45, 7) is 3.09. The third-order valence-electron chi connectivity index (χ3n) is 4.53. The Balaban J connectivity index is 1.59. The van der Waals surface area contributed by atoms with Gasteiger partial charge < -0.3 is 10.6 Å². The Labute approximate surface area is 171 Å². The molecule has 2 amide bonds. The van der Waals surface area contributed by atoms with Crippen molar-refractivity contribution >= 4 is 57.2 Å². The number of aromatic nitrogens is 2. The highest BCUT2D eigenvalue weighted by molar-refractivity contribution is 7.13. The van der Waals surface area contributed by atoms with Crippen LogP contribution in [0.5, 0.6) is 0 Å². The average Bonchev–Trinajstić information content (AvgIpc) is 3.16. The van der Waals surface area contributed by atoms with Crippen LogP contribution in [0, 0.1) is 5.92 Å². The van der Waals surface area contributed by atoms with Crippen molar-refractivity contribution in [1.29, 1.82) is 0 Å². The Kier molecular flexibility index (Phi) is 6.64. The number of anilines is 2. The quantitative estimate of drug-likeness (QED) is 0.761. The molecular weight excluding hydrogens is 409 g/mol. The Morgan fingerprint density at radius 1 is 1.33 bits per heavy atom. The molecule has 7 nitrogen and oxygen atoms in total. The van der Waals surface area contributed by atoms with E-state index in [1.165, 1.54) is 11.3 Å². The normalized spacial score (nSPS) is 18.7. The molecule has 10 heteroatoms. The van der Waals surface area contributed by atoms with Gasteiger partial charge in [0.15, 0.2) is 0 Å². The van der Waals surface area contributed by atoms with Crippen LogP contribution in [-0.2, 0) is 9.59 Å². The van der Waals surface area contributed by atoms with Crippen LogP contribution >= 0.6 is 34.5 Å². The van der Waals surface area contributed by atoms with Crippen LogP contribution in [0.15, 0.2) is 23.7 Å². The summed E-state index contributed by atoms with van der Waals surface area (Å²) in [5, 5.41) is 14.5. The van der Waals surface area contributed by atoms with Crippen LogP contribution in [0.4, 0.5) is 10.8 Å². The topological polar surface area (TPSA) is 87.2 Å². The Hall–Kier alpha value is -1.74. The minimum absolute atomic E-state index is 0.0928. The van der Waals surface area contributed by atoms with E-state index in [-0.39, 0.29) is 17.7 Å². The second kappa shape index (κ2) is 8.97. The summed E-state index contributed by atoms with van der Waals surface area (Å²) in [6.07, 6.45) is 1.62. The standard InChI is InChI=1S/C17H19Cl2N5O2S/c1-10(15(25)21-14-5-4-12(18)7-13(14)19)24-6-2-3-11(8-24)16(26)22-17-23-20-9-27-17/h4-5,7,9-11H,2-3,6,8H2,1H3,(H,21,25)(H,22,23,26)/t10-,11-/m0/s1. The maximum Gasteiger partial charge on any atom is 0.241 e. The molecule has 1 saturated heterocycles. The molecule has 2 N–H and O–H groups in total. The van der Waals surface area contributed by atoms with Crippen LogP contribution in [0.3, 0.4) is 0 Å². The number of nitrogens with zero attached hydrogens (tertiary/aromatic N) is 3. The molecule has 1 aromatic carbocycles. The maximum atomic E-state index is 12.6. The molecule has 1 fully saturated rings. The van der Waals surface area contributed by atoms with Gasteiger partial charge in [0.25, 0.3) is 0 Å². The smallest absolute Gasteiger partial charge is 0.241 e. The van der Waals surface area contributed by atoms with Gasteiger partial charge in [0.05, 0.1) is 22.7 Å². The lowest BCUT2D eigenvalue weighted by Crippen LogP contribution is -2.49. The number of carbonyl (C=O) groups is 2.